The zero-order valence-electron chi connectivity index (χ0n) is 15.5. The van der Waals surface area contributed by atoms with Gasteiger partial charge in [0.2, 0.25) is 12.6 Å². The number of hydrogen-bond donors (Lipinski definition) is 0. The molecule has 7 heteroatoms. The summed E-state index contributed by atoms with van der Waals surface area (Å²) in [5, 5.41) is 0.0574. The van der Waals surface area contributed by atoms with Crippen LogP contribution in [0.25, 0.3) is 6.08 Å². The first-order valence-corrected chi connectivity index (χ1v) is 8.57. The predicted octanol–water partition coefficient (Wildman–Crippen LogP) is 3.96. The summed E-state index contributed by atoms with van der Waals surface area (Å²) in [6.07, 6.45) is 1.56. The number of hydrogen-bond acceptors (Lipinski definition) is 6. The lowest BCUT2D eigenvalue weighted by Crippen LogP contribution is -2.11. The predicted molar refractivity (Wildman–Crippen MR) is 105 cm³/mol. The Balaban J connectivity index is 1.95. The number of anilines is 1. The van der Waals surface area contributed by atoms with Gasteiger partial charge in [0.05, 0.1) is 24.9 Å². The monoisotopic (exact) mass is 389 g/mol. The number of ketones is 1. The van der Waals surface area contributed by atoms with Crippen molar-refractivity contribution in [2.75, 3.05) is 40.0 Å². The molecule has 0 aromatic heterocycles. The van der Waals surface area contributed by atoms with Gasteiger partial charge in [-0.2, -0.15) is 0 Å². The molecular formula is C20H20ClNO5. The number of halogens is 1. The van der Waals surface area contributed by atoms with Crippen molar-refractivity contribution in [1.29, 1.82) is 0 Å². The molecule has 0 saturated carbocycles. The van der Waals surface area contributed by atoms with E-state index in [0.717, 1.165) is 5.69 Å². The zero-order valence-corrected chi connectivity index (χ0v) is 16.3. The number of ether oxygens (including phenoxy) is 4. The molecular weight excluding hydrogens is 370 g/mol. The van der Waals surface area contributed by atoms with Crippen LogP contribution < -0.4 is 23.8 Å². The van der Waals surface area contributed by atoms with E-state index in [9.17, 15) is 4.79 Å². The highest BCUT2D eigenvalue weighted by Gasteiger charge is 2.19. The molecule has 1 heterocycles. The van der Waals surface area contributed by atoms with Crippen LogP contribution in [0.2, 0.25) is 0 Å². The number of methoxy groups -OCH3 is 2. The van der Waals surface area contributed by atoms with Crippen molar-refractivity contribution in [3.8, 4) is 23.0 Å². The minimum Gasteiger partial charge on any atom is -0.496 e. The van der Waals surface area contributed by atoms with E-state index in [-0.39, 0.29) is 17.6 Å². The van der Waals surface area contributed by atoms with Gasteiger partial charge in [-0.3, -0.25) is 4.79 Å². The molecule has 0 saturated heterocycles. The van der Waals surface area contributed by atoms with Crippen LogP contribution in [0, 0.1) is 0 Å². The lowest BCUT2D eigenvalue weighted by atomic mass is 10.1. The van der Waals surface area contributed by atoms with E-state index in [1.807, 2.05) is 19.0 Å². The Morgan fingerprint density at radius 1 is 1.07 bits per heavy atom. The van der Waals surface area contributed by atoms with Crippen molar-refractivity contribution in [2.24, 2.45) is 0 Å². The fourth-order valence-electron chi connectivity index (χ4n) is 2.75. The summed E-state index contributed by atoms with van der Waals surface area (Å²) in [5.74, 6) is 2.08. The Morgan fingerprint density at radius 2 is 1.74 bits per heavy atom. The second-order valence-corrected chi connectivity index (χ2v) is 6.46. The summed E-state index contributed by atoms with van der Waals surface area (Å²) in [7, 11) is 6.88. The lowest BCUT2D eigenvalue weighted by molar-refractivity contribution is 0.104. The van der Waals surface area contributed by atoms with Gasteiger partial charge in [0.1, 0.15) is 11.5 Å². The molecule has 0 radical (unpaired) electrons. The largest absolute Gasteiger partial charge is 0.496 e. The van der Waals surface area contributed by atoms with E-state index in [0.29, 0.717) is 34.1 Å². The highest BCUT2D eigenvalue weighted by atomic mass is 35.5. The SMILES string of the molecule is COc1cc2c(cc1/C=C(/Cl)C(=O)c1ccc(OC)c(N(C)C)c1)OCO2. The van der Waals surface area contributed by atoms with Crippen LogP contribution >= 0.6 is 11.6 Å². The van der Waals surface area contributed by atoms with E-state index in [2.05, 4.69) is 0 Å². The van der Waals surface area contributed by atoms with E-state index >= 15 is 0 Å². The van der Waals surface area contributed by atoms with Crippen molar-refractivity contribution >= 4 is 29.1 Å². The first kappa shape index (κ1) is 18.9. The molecule has 0 spiro atoms. The van der Waals surface area contributed by atoms with E-state index in [4.69, 9.17) is 30.5 Å². The van der Waals surface area contributed by atoms with Crippen LogP contribution in [0.3, 0.4) is 0 Å². The van der Waals surface area contributed by atoms with E-state index < -0.39 is 0 Å². The maximum Gasteiger partial charge on any atom is 0.231 e. The minimum absolute atomic E-state index is 0.0574. The highest BCUT2D eigenvalue weighted by Crippen LogP contribution is 2.39. The first-order chi connectivity index (χ1) is 12.9. The van der Waals surface area contributed by atoms with Gasteiger partial charge in [0.15, 0.2) is 11.5 Å². The second kappa shape index (κ2) is 7.80. The summed E-state index contributed by atoms with van der Waals surface area (Å²) in [5.41, 5.74) is 1.87. The fourth-order valence-corrected chi connectivity index (χ4v) is 2.98. The number of rotatable bonds is 6. The van der Waals surface area contributed by atoms with Gasteiger partial charge >= 0.3 is 0 Å². The summed E-state index contributed by atoms with van der Waals surface area (Å²) in [4.78, 5) is 14.7. The first-order valence-electron chi connectivity index (χ1n) is 8.19. The minimum atomic E-state index is -0.304. The van der Waals surface area contributed by atoms with Crippen LogP contribution in [0.15, 0.2) is 35.4 Å². The van der Waals surface area contributed by atoms with Gasteiger partial charge in [-0.05, 0) is 30.3 Å². The Bertz CT molecular complexity index is 907. The molecule has 1 aliphatic heterocycles. The van der Waals surface area contributed by atoms with Crippen molar-refractivity contribution < 1.29 is 23.7 Å². The molecule has 0 unspecified atom stereocenters. The summed E-state index contributed by atoms with van der Waals surface area (Å²) < 4.78 is 21.4. The van der Waals surface area contributed by atoms with Gasteiger partial charge in [0.25, 0.3) is 0 Å². The van der Waals surface area contributed by atoms with Gasteiger partial charge in [-0.25, -0.2) is 0 Å². The van der Waals surface area contributed by atoms with Crippen LogP contribution in [-0.4, -0.2) is 40.9 Å². The third-order valence-electron chi connectivity index (χ3n) is 4.15. The molecule has 27 heavy (non-hydrogen) atoms. The van der Waals surface area contributed by atoms with Gasteiger partial charge in [-0.15, -0.1) is 0 Å². The summed E-state index contributed by atoms with van der Waals surface area (Å²) >= 11 is 6.32. The molecule has 0 amide bonds. The molecule has 6 nitrogen and oxygen atoms in total. The topological polar surface area (TPSA) is 57.2 Å². The van der Waals surface area contributed by atoms with E-state index in [1.165, 1.54) is 7.11 Å². The molecule has 3 rings (SSSR count). The molecule has 1 aliphatic rings. The molecule has 2 aromatic rings. The Morgan fingerprint density at radius 3 is 2.37 bits per heavy atom. The van der Waals surface area contributed by atoms with E-state index in [1.54, 1.807) is 43.5 Å². The van der Waals surface area contributed by atoms with Crippen LogP contribution in [0.4, 0.5) is 5.69 Å². The van der Waals surface area contributed by atoms with Crippen molar-refractivity contribution in [2.45, 2.75) is 0 Å². The lowest BCUT2D eigenvalue weighted by Gasteiger charge is -2.17. The van der Waals surface area contributed by atoms with Gasteiger partial charge in [0, 0.05) is 31.3 Å². The Hall–Kier alpha value is -2.86. The van der Waals surface area contributed by atoms with Crippen molar-refractivity contribution in [1.82, 2.24) is 0 Å². The maximum atomic E-state index is 12.8. The number of allylic oxidation sites excluding steroid dienone is 1. The van der Waals surface area contributed by atoms with Crippen molar-refractivity contribution in [3.05, 3.63) is 46.5 Å². The average molecular weight is 390 g/mol. The summed E-state index contributed by atoms with van der Waals surface area (Å²) in [6.45, 7) is 0.150. The maximum absolute atomic E-state index is 12.8. The normalized spacial score (nSPS) is 12.7. The quantitative estimate of drug-likeness (QED) is 0.550. The van der Waals surface area contributed by atoms with Crippen LogP contribution in [0.5, 0.6) is 23.0 Å². The molecule has 2 aromatic carbocycles. The van der Waals surface area contributed by atoms with Crippen LogP contribution in [-0.2, 0) is 0 Å². The molecule has 142 valence electrons. The molecule has 0 fully saturated rings. The number of benzene rings is 2. The Labute approximate surface area is 162 Å². The number of nitrogens with zero attached hydrogens (tertiary/aromatic N) is 1. The average Bonchev–Trinajstić information content (AvgIpc) is 3.13. The number of fused-ring (bicyclic) bond motifs is 1. The highest BCUT2D eigenvalue weighted by molar-refractivity contribution is 6.47. The second-order valence-electron chi connectivity index (χ2n) is 6.05. The van der Waals surface area contributed by atoms with Crippen LogP contribution in [0.1, 0.15) is 15.9 Å². The van der Waals surface area contributed by atoms with Gasteiger partial charge in [-0.1, -0.05) is 11.6 Å². The number of carbonyl (C=O) groups excluding carboxylic acids is 1. The molecule has 0 aliphatic carbocycles. The third kappa shape index (κ3) is 3.80. The standard InChI is InChI=1S/C20H20ClNO5/c1-22(2)15-8-12(5-6-16(15)24-3)20(23)14(21)7-13-9-18-19(27-11-26-18)10-17(13)25-4/h5-10H,11H2,1-4H3/b14-7+. The van der Waals surface area contributed by atoms with Crippen molar-refractivity contribution in [3.63, 3.8) is 0 Å². The number of carbonyl (C=O) groups is 1. The van der Waals surface area contributed by atoms with Gasteiger partial charge < -0.3 is 23.8 Å². The third-order valence-corrected chi connectivity index (χ3v) is 4.43. The summed E-state index contributed by atoms with van der Waals surface area (Å²) in [6, 6.07) is 8.61. The Kier molecular flexibility index (Phi) is 5.46. The molecule has 0 bridgehead atoms. The molecule has 0 atom stereocenters. The zero-order chi connectivity index (χ0) is 19.6. The number of Topliss-reactive ketones (excluding diaryl/α,β-unsaturated/α-hetero) is 1. The smallest absolute Gasteiger partial charge is 0.231 e. The molecule has 0 N–H and O–H groups in total. The fraction of sp³-hybridized carbons (Fsp3) is 0.250.